The summed E-state index contributed by atoms with van der Waals surface area (Å²) in [4.78, 5) is 41.4. The Balaban J connectivity index is 1.24. The zero-order chi connectivity index (χ0) is 23.8. The Kier molecular flexibility index (Phi) is 8.34. The number of Topliss-reactive ketones (excluding diaryl/α,β-unsaturated/α-hetero) is 1. The molecule has 2 aliphatic rings. The highest BCUT2D eigenvalue weighted by molar-refractivity contribution is 6.07. The van der Waals surface area contributed by atoms with Crippen LogP contribution >= 0.6 is 0 Å². The Morgan fingerprint density at radius 3 is 2.21 bits per heavy atom. The van der Waals surface area contributed by atoms with Gasteiger partial charge in [0.2, 0.25) is 5.91 Å². The van der Waals surface area contributed by atoms with Gasteiger partial charge < -0.3 is 14.5 Å². The molecule has 1 aliphatic heterocycles. The van der Waals surface area contributed by atoms with Crippen LogP contribution in [-0.4, -0.2) is 60.2 Å². The fourth-order valence-electron chi connectivity index (χ4n) is 4.85. The van der Waals surface area contributed by atoms with Crippen molar-refractivity contribution in [1.82, 2.24) is 9.80 Å². The van der Waals surface area contributed by atoms with Crippen molar-refractivity contribution in [2.45, 2.75) is 44.9 Å². The summed E-state index contributed by atoms with van der Waals surface area (Å²) in [5, 5.41) is 0. The molecular formula is C28H34N2O4. The minimum absolute atomic E-state index is 0.0507. The van der Waals surface area contributed by atoms with Crippen LogP contribution in [-0.2, 0) is 4.79 Å². The van der Waals surface area contributed by atoms with Gasteiger partial charge in [0.15, 0.2) is 5.78 Å². The molecule has 1 heterocycles. The third-order valence-electron chi connectivity index (χ3n) is 6.93. The van der Waals surface area contributed by atoms with Crippen LogP contribution in [0.3, 0.4) is 0 Å². The number of nitrogens with zero attached hydrogens (tertiary/aromatic N) is 2. The van der Waals surface area contributed by atoms with Gasteiger partial charge in [-0.05, 0) is 30.5 Å². The van der Waals surface area contributed by atoms with Crippen molar-refractivity contribution < 1.29 is 19.1 Å². The Labute approximate surface area is 201 Å². The predicted molar refractivity (Wildman–Crippen MR) is 131 cm³/mol. The molecule has 0 aromatic heterocycles. The molecule has 2 amide bonds. The number of ether oxygens (including phenoxy) is 1. The van der Waals surface area contributed by atoms with Gasteiger partial charge in [-0.25, -0.2) is 0 Å². The monoisotopic (exact) mass is 462 g/mol. The minimum Gasteiger partial charge on any atom is -0.494 e. The molecule has 4 rings (SSSR count). The molecule has 1 saturated carbocycles. The SMILES string of the molecule is O=C(CC(=O)N1CCN(C(=O)c2cccc(OCCC3CCCCC3)c2)CC1)c1ccccc1. The third-order valence-corrected chi connectivity index (χ3v) is 6.93. The zero-order valence-electron chi connectivity index (χ0n) is 19.8. The summed E-state index contributed by atoms with van der Waals surface area (Å²) in [6, 6.07) is 16.3. The van der Waals surface area contributed by atoms with Crippen LogP contribution < -0.4 is 4.74 Å². The second-order valence-electron chi connectivity index (χ2n) is 9.31. The Bertz CT molecular complexity index is 977. The predicted octanol–water partition coefficient (Wildman–Crippen LogP) is 4.59. The maximum absolute atomic E-state index is 13.0. The van der Waals surface area contributed by atoms with Crippen LogP contribution in [0, 0.1) is 5.92 Å². The van der Waals surface area contributed by atoms with E-state index in [0.29, 0.717) is 43.9 Å². The van der Waals surface area contributed by atoms with Gasteiger partial charge in [-0.15, -0.1) is 0 Å². The van der Waals surface area contributed by atoms with Gasteiger partial charge in [0.25, 0.3) is 5.91 Å². The molecule has 0 bridgehead atoms. The maximum Gasteiger partial charge on any atom is 0.254 e. The van der Waals surface area contributed by atoms with E-state index in [1.165, 1.54) is 32.1 Å². The summed E-state index contributed by atoms with van der Waals surface area (Å²) in [7, 11) is 0. The normalized spacial score (nSPS) is 16.8. The number of amides is 2. The molecule has 34 heavy (non-hydrogen) atoms. The average Bonchev–Trinajstić information content (AvgIpc) is 2.89. The van der Waals surface area contributed by atoms with Crippen LogP contribution in [0.25, 0.3) is 0 Å². The fraction of sp³-hybridized carbons (Fsp3) is 0.464. The molecule has 6 heteroatoms. The second kappa shape index (κ2) is 11.8. The molecule has 180 valence electrons. The van der Waals surface area contributed by atoms with Crippen molar-refractivity contribution in [2.75, 3.05) is 32.8 Å². The Morgan fingerprint density at radius 1 is 0.794 bits per heavy atom. The number of piperazine rings is 1. The van der Waals surface area contributed by atoms with Crippen molar-refractivity contribution in [3.05, 3.63) is 65.7 Å². The van der Waals surface area contributed by atoms with Crippen molar-refractivity contribution in [3.63, 3.8) is 0 Å². The van der Waals surface area contributed by atoms with Gasteiger partial charge in [-0.3, -0.25) is 14.4 Å². The molecule has 0 radical (unpaired) electrons. The van der Waals surface area contributed by atoms with Crippen molar-refractivity contribution in [2.24, 2.45) is 5.92 Å². The fourth-order valence-corrected chi connectivity index (χ4v) is 4.85. The molecule has 0 atom stereocenters. The van der Waals surface area contributed by atoms with Crippen LogP contribution in [0.15, 0.2) is 54.6 Å². The highest BCUT2D eigenvalue weighted by Gasteiger charge is 2.26. The van der Waals surface area contributed by atoms with E-state index in [1.807, 2.05) is 30.3 Å². The van der Waals surface area contributed by atoms with E-state index in [9.17, 15) is 14.4 Å². The number of ketones is 1. The quantitative estimate of drug-likeness (QED) is 0.425. The largest absolute Gasteiger partial charge is 0.494 e. The van der Waals surface area contributed by atoms with Crippen LogP contribution in [0.2, 0.25) is 0 Å². The molecule has 6 nitrogen and oxygen atoms in total. The van der Waals surface area contributed by atoms with Gasteiger partial charge in [0.05, 0.1) is 13.0 Å². The summed E-state index contributed by atoms with van der Waals surface area (Å²) >= 11 is 0. The molecule has 1 aliphatic carbocycles. The molecule has 2 aromatic carbocycles. The zero-order valence-corrected chi connectivity index (χ0v) is 19.8. The number of benzene rings is 2. The molecule has 0 N–H and O–H groups in total. The lowest BCUT2D eigenvalue weighted by atomic mass is 9.87. The van der Waals surface area contributed by atoms with Gasteiger partial charge in [0, 0.05) is 37.3 Å². The van der Waals surface area contributed by atoms with E-state index < -0.39 is 0 Å². The summed E-state index contributed by atoms with van der Waals surface area (Å²) in [5.74, 6) is 1.08. The lowest BCUT2D eigenvalue weighted by molar-refractivity contribution is -0.131. The second-order valence-corrected chi connectivity index (χ2v) is 9.31. The van der Waals surface area contributed by atoms with Crippen molar-refractivity contribution >= 4 is 17.6 Å². The molecule has 0 spiro atoms. The maximum atomic E-state index is 13.0. The van der Waals surface area contributed by atoms with Gasteiger partial charge in [-0.1, -0.05) is 68.5 Å². The van der Waals surface area contributed by atoms with Gasteiger partial charge in [-0.2, -0.15) is 0 Å². The number of carbonyl (C=O) groups excluding carboxylic acids is 3. The highest BCUT2D eigenvalue weighted by Crippen LogP contribution is 2.26. The highest BCUT2D eigenvalue weighted by atomic mass is 16.5. The van der Waals surface area contributed by atoms with E-state index in [-0.39, 0.29) is 24.0 Å². The summed E-state index contributed by atoms with van der Waals surface area (Å²) in [6.45, 7) is 2.47. The summed E-state index contributed by atoms with van der Waals surface area (Å²) in [6.07, 6.45) is 7.55. The van der Waals surface area contributed by atoms with Gasteiger partial charge >= 0.3 is 0 Å². The smallest absolute Gasteiger partial charge is 0.254 e. The summed E-state index contributed by atoms with van der Waals surface area (Å²) < 4.78 is 5.95. The van der Waals surface area contributed by atoms with E-state index >= 15 is 0 Å². The third kappa shape index (κ3) is 6.46. The molecule has 1 saturated heterocycles. The molecule has 2 fully saturated rings. The standard InChI is InChI=1S/C28H34N2O4/c31-26(23-10-5-2-6-11-23)21-27(32)29-15-17-30(18-16-29)28(33)24-12-7-13-25(20-24)34-19-14-22-8-3-1-4-9-22/h2,5-7,10-13,20,22H,1,3-4,8-9,14-19,21H2. The van der Waals surface area contributed by atoms with E-state index in [4.69, 9.17) is 4.74 Å². The molecule has 2 aromatic rings. The number of hydrogen-bond donors (Lipinski definition) is 0. The first kappa shape index (κ1) is 24.0. The number of rotatable bonds is 8. The molecule has 0 unspecified atom stereocenters. The van der Waals surface area contributed by atoms with E-state index in [0.717, 1.165) is 18.1 Å². The van der Waals surface area contributed by atoms with Crippen LogP contribution in [0.1, 0.15) is 65.7 Å². The van der Waals surface area contributed by atoms with Crippen LogP contribution in [0.5, 0.6) is 5.75 Å². The Hall–Kier alpha value is -3.15. The van der Waals surface area contributed by atoms with E-state index in [1.54, 1.807) is 34.1 Å². The first-order valence-corrected chi connectivity index (χ1v) is 12.5. The van der Waals surface area contributed by atoms with Crippen LogP contribution in [0.4, 0.5) is 0 Å². The minimum atomic E-state index is -0.186. The van der Waals surface area contributed by atoms with Gasteiger partial charge in [0.1, 0.15) is 5.75 Å². The van der Waals surface area contributed by atoms with E-state index in [2.05, 4.69) is 0 Å². The average molecular weight is 463 g/mol. The topological polar surface area (TPSA) is 66.9 Å². The summed E-state index contributed by atoms with van der Waals surface area (Å²) in [5.41, 5.74) is 1.15. The first-order valence-electron chi connectivity index (χ1n) is 12.5. The molecular weight excluding hydrogens is 428 g/mol. The number of hydrogen-bond acceptors (Lipinski definition) is 4. The number of carbonyl (C=O) groups is 3. The first-order chi connectivity index (χ1) is 16.6. The van der Waals surface area contributed by atoms with Crippen molar-refractivity contribution in [3.8, 4) is 5.75 Å². The van der Waals surface area contributed by atoms with Crippen molar-refractivity contribution in [1.29, 1.82) is 0 Å². The Morgan fingerprint density at radius 2 is 1.47 bits per heavy atom. The lowest BCUT2D eigenvalue weighted by Crippen LogP contribution is -2.50. The lowest BCUT2D eigenvalue weighted by Gasteiger charge is -2.34.